The van der Waals surface area contributed by atoms with Crippen LogP contribution in [0, 0.1) is 0 Å². The van der Waals surface area contributed by atoms with E-state index in [1.165, 1.54) is 11.8 Å². The van der Waals surface area contributed by atoms with Crippen molar-refractivity contribution >= 4 is 41.2 Å². The van der Waals surface area contributed by atoms with Gasteiger partial charge in [-0.25, -0.2) is 0 Å². The molecule has 0 radical (unpaired) electrons. The molecule has 0 fully saturated rings. The summed E-state index contributed by atoms with van der Waals surface area (Å²) < 4.78 is 0. The lowest BCUT2D eigenvalue weighted by Crippen LogP contribution is -2.21. The Bertz CT molecular complexity index is 429. The summed E-state index contributed by atoms with van der Waals surface area (Å²) in [5.74, 6) is 0.167. The maximum absolute atomic E-state index is 11.9. The number of Topliss-reactive ketones (excluding diaryl/α,β-unsaturated/α-hetero) is 1. The fourth-order valence-electron chi connectivity index (χ4n) is 1.49. The van der Waals surface area contributed by atoms with Gasteiger partial charge in [0.15, 0.2) is 5.78 Å². The Balaban J connectivity index is 2.45. The van der Waals surface area contributed by atoms with Crippen molar-refractivity contribution in [2.45, 2.75) is 10.1 Å². The van der Waals surface area contributed by atoms with E-state index in [0.717, 1.165) is 16.1 Å². The molecule has 1 aromatic carbocycles. The molecule has 0 amide bonds. The van der Waals surface area contributed by atoms with E-state index in [1.54, 1.807) is 18.0 Å². The number of thioether (sulfide) groups is 2. The van der Waals surface area contributed by atoms with Crippen molar-refractivity contribution in [3.8, 4) is 0 Å². The molecule has 4 heteroatoms. The molecule has 1 aromatic rings. The van der Waals surface area contributed by atoms with Crippen LogP contribution in [0.15, 0.2) is 28.1 Å². The summed E-state index contributed by atoms with van der Waals surface area (Å²) in [6.07, 6.45) is 5.68. The smallest absolute Gasteiger partial charge is 0.183 e. The normalized spacial score (nSPS) is 19.1. The van der Waals surface area contributed by atoms with Crippen LogP contribution in [0.25, 0.3) is 0 Å². The lowest BCUT2D eigenvalue weighted by molar-refractivity contribution is 0.101. The third-order valence-corrected chi connectivity index (χ3v) is 3.90. The van der Waals surface area contributed by atoms with E-state index in [2.05, 4.69) is 4.99 Å². The number of nitrogens with zero attached hydrogens (tertiary/aromatic N) is 1. The topological polar surface area (TPSA) is 29.4 Å². The monoisotopic (exact) mass is 237 g/mol. The van der Waals surface area contributed by atoms with Crippen LogP contribution >= 0.6 is 23.5 Å². The zero-order chi connectivity index (χ0) is 10.8. The first-order chi connectivity index (χ1) is 7.26. The average molecular weight is 237 g/mol. The van der Waals surface area contributed by atoms with E-state index in [9.17, 15) is 4.79 Å². The minimum absolute atomic E-state index is 0.113. The van der Waals surface area contributed by atoms with Gasteiger partial charge in [0.1, 0.15) is 5.25 Å². The van der Waals surface area contributed by atoms with Crippen molar-refractivity contribution in [1.82, 2.24) is 0 Å². The van der Waals surface area contributed by atoms with Crippen molar-refractivity contribution in [3.63, 3.8) is 0 Å². The van der Waals surface area contributed by atoms with Gasteiger partial charge in [0.2, 0.25) is 0 Å². The number of ketones is 1. The number of carbonyl (C=O) groups excluding carboxylic acids is 1. The second kappa shape index (κ2) is 4.41. The van der Waals surface area contributed by atoms with E-state index >= 15 is 0 Å². The van der Waals surface area contributed by atoms with Gasteiger partial charge in [-0.1, -0.05) is 0 Å². The Morgan fingerprint density at radius 2 is 2.13 bits per heavy atom. The molecule has 1 heterocycles. The van der Waals surface area contributed by atoms with E-state index in [0.29, 0.717) is 0 Å². The molecule has 0 spiro atoms. The van der Waals surface area contributed by atoms with Gasteiger partial charge in [0, 0.05) is 16.7 Å². The Morgan fingerprint density at radius 3 is 2.80 bits per heavy atom. The number of hydrogen-bond acceptors (Lipinski definition) is 4. The Labute approximate surface area is 97.6 Å². The standard InChI is InChI=1S/C11H11NOS2/c1-14-7-3-4-8-9(5-7)12-6-10(15-2)11(8)13/h3-6,10H,1-2H3. The Morgan fingerprint density at radius 1 is 1.33 bits per heavy atom. The molecule has 0 aliphatic carbocycles. The highest BCUT2D eigenvalue weighted by Gasteiger charge is 2.23. The largest absolute Gasteiger partial charge is 0.292 e. The lowest BCUT2D eigenvalue weighted by Gasteiger charge is -2.15. The fraction of sp³-hybridized carbons (Fsp3) is 0.273. The summed E-state index contributed by atoms with van der Waals surface area (Å²) >= 11 is 3.18. The molecule has 1 unspecified atom stereocenters. The van der Waals surface area contributed by atoms with E-state index in [1.807, 2.05) is 30.7 Å². The number of benzene rings is 1. The van der Waals surface area contributed by atoms with Crippen LogP contribution in [-0.2, 0) is 0 Å². The van der Waals surface area contributed by atoms with Crippen LogP contribution in [0.2, 0.25) is 0 Å². The number of aliphatic imine (C=N–C) groups is 1. The first-order valence-electron chi connectivity index (χ1n) is 4.55. The molecule has 1 aliphatic heterocycles. The molecule has 0 bridgehead atoms. The van der Waals surface area contributed by atoms with Crippen LogP contribution in [-0.4, -0.2) is 29.8 Å². The van der Waals surface area contributed by atoms with Crippen molar-refractivity contribution in [2.75, 3.05) is 12.5 Å². The van der Waals surface area contributed by atoms with Gasteiger partial charge in [0.05, 0.1) is 5.69 Å². The highest BCUT2D eigenvalue weighted by molar-refractivity contribution is 8.00. The van der Waals surface area contributed by atoms with E-state index in [-0.39, 0.29) is 11.0 Å². The lowest BCUT2D eigenvalue weighted by atomic mass is 10.0. The van der Waals surface area contributed by atoms with Gasteiger partial charge in [-0.05, 0) is 30.7 Å². The predicted octanol–water partition coefficient (Wildman–Crippen LogP) is 3.04. The Kier molecular flexibility index (Phi) is 3.17. The first kappa shape index (κ1) is 10.8. The van der Waals surface area contributed by atoms with Crippen molar-refractivity contribution in [2.24, 2.45) is 4.99 Å². The highest BCUT2D eigenvalue weighted by atomic mass is 32.2. The number of fused-ring (bicyclic) bond motifs is 1. The van der Waals surface area contributed by atoms with Gasteiger partial charge in [-0.3, -0.25) is 9.79 Å². The molecular weight excluding hydrogens is 226 g/mol. The van der Waals surface area contributed by atoms with Gasteiger partial charge in [0.25, 0.3) is 0 Å². The summed E-state index contributed by atoms with van der Waals surface area (Å²) in [4.78, 5) is 17.4. The van der Waals surface area contributed by atoms with Gasteiger partial charge in [-0.2, -0.15) is 0 Å². The molecule has 15 heavy (non-hydrogen) atoms. The zero-order valence-corrected chi connectivity index (χ0v) is 10.2. The summed E-state index contributed by atoms with van der Waals surface area (Å²) in [7, 11) is 0. The molecule has 1 aliphatic rings. The van der Waals surface area contributed by atoms with Crippen LogP contribution < -0.4 is 0 Å². The summed E-state index contributed by atoms with van der Waals surface area (Å²) in [6, 6.07) is 5.81. The molecule has 2 rings (SSSR count). The minimum atomic E-state index is -0.113. The second-order valence-corrected chi connectivity index (χ2v) is 5.04. The van der Waals surface area contributed by atoms with Crippen molar-refractivity contribution < 1.29 is 4.79 Å². The molecule has 2 nitrogen and oxygen atoms in total. The molecule has 0 saturated carbocycles. The van der Waals surface area contributed by atoms with E-state index in [4.69, 9.17) is 0 Å². The van der Waals surface area contributed by atoms with Gasteiger partial charge < -0.3 is 0 Å². The number of hydrogen-bond donors (Lipinski definition) is 0. The van der Waals surface area contributed by atoms with Crippen molar-refractivity contribution in [3.05, 3.63) is 23.8 Å². The third-order valence-electron chi connectivity index (χ3n) is 2.33. The number of rotatable bonds is 2. The predicted molar refractivity (Wildman–Crippen MR) is 68.0 cm³/mol. The summed E-state index contributed by atoms with van der Waals surface area (Å²) in [6.45, 7) is 0. The van der Waals surface area contributed by atoms with Crippen molar-refractivity contribution in [1.29, 1.82) is 0 Å². The average Bonchev–Trinajstić information content (AvgIpc) is 2.29. The molecule has 1 atom stereocenters. The molecular formula is C11H11NOS2. The van der Waals surface area contributed by atoms with Gasteiger partial charge >= 0.3 is 0 Å². The second-order valence-electron chi connectivity index (χ2n) is 3.18. The molecule has 0 aromatic heterocycles. The summed E-state index contributed by atoms with van der Waals surface area (Å²) in [5, 5.41) is -0.113. The summed E-state index contributed by atoms with van der Waals surface area (Å²) in [5.41, 5.74) is 1.55. The third kappa shape index (κ3) is 1.96. The number of carbonyl (C=O) groups is 1. The maximum Gasteiger partial charge on any atom is 0.183 e. The highest BCUT2D eigenvalue weighted by Crippen LogP contribution is 2.30. The fourth-order valence-corrected chi connectivity index (χ4v) is 2.45. The quantitative estimate of drug-likeness (QED) is 0.740. The minimum Gasteiger partial charge on any atom is -0.292 e. The van der Waals surface area contributed by atoms with Crippen LogP contribution in [0.3, 0.4) is 0 Å². The first-order valence-corrected chi connectivity index (χ1v) is 7.06. The molecule has 78 valence electrons. The zero-order valence-electron chi connectivity index (χ0n) is 8.56. The van der Waals surface area contributed by atoms with Crippen LogP contribution in [0.4, 0.5) is 5.69 Å². The van der Waals surface area contributed by atoms with E-state index < -0.39 is 0 Å². The van der Waals surface area contributed by atoms with Crippen LogP contribution in [0.1, 0.15) is 10.4 Å². The van der Waals surface area contributed by atoms with Crippen LogP contribution in [0.5, 0.6) is 0 Å². The SMILES string of the molecule is CSc1ccc2c(c1)N=CC(SC)C2=O. The molecule has 0 saturated heterocycles. The molecule has 0 N–H and O–H groups in total. The van der Waals surface area contributed by atoms with Gasteiger partial charge in [-0.15, -0.1) is 23.5 Å². The Hall–Kier alpha value is -0.740. The maximum atomic E-state index is 11.9.